The SMILES string of the molecule is OC[C@H]1O[C@@H]2O[C@H]3[C@H](O)[C@@H](O)[C@@H](O[C@H]4[C@H](O)[C@@H](O)[C@@H](O[C@H]5[C@H](O)[C@@H](O)[C@@H](O[C@H]6[C@H](O)[C@@H](O)[C@@H](O[C@H]7[C@H](O)[C@@H](O)[C@@H](O[C@@H]1[C@H](O)[C@H]2O)O[C@@H]7CO)O[C@@H]6CO)O[C@@H]5CO)O[C@@H]4CO)O[C@@H]3CO.[Pt]. The Hall–Kier alpha value is -0.512. The van der Waals surface area contributed by atoms with Gasteiger partial charge in [0.1, 0.15) is 146 Å². The molecule has 30 nitrogen and oxygen atoms in total. The van der Waals surface area contributed by atoms with Crippen LogP contribution in [-0.2, 0) is 77.9 Å². The summed E-state index contributed by atoms with van der Waals surface area (Å²) in [4.78, 5) is 0. The molecule has 22 saturated heterocycles. The quantitative estimate of drug-likeness (QED) is 0.117. The molecule has 0 radical (unpaired) electrons. The molecule has 0 amide bonds. The van der Waals surface area contributed by atoms with E-state index < -0.39 is 224 Å². The van der Waals surface area contributed by atoms with Gasteiger partial charge in [0.15, 0.2) is 37.7 Å². The predicted molar refractivity (Wildman–Crippen MR) is 196 cm³/mol. The van der Waals surface area contributed by atoms with Gasteiger partial charge in [0, 0.05) is 21.1 Å². The third-order valence-corrected chi connectivity index (χ3v) is 12.7. The largest absolute Gasteiger partial charge is 0.394 e. The molecule has 0 aromatic heterocycles. The van der Waals surface area contributed by atoms with E-state index in [1.54, 1.807) is 0 Å². The second-order valence-corrected chi connectivity index (χ2v) is 16.8. The van der Waals surface area contributed by atoms with Crippen LogP contribution in [0.25, 0.3) is 0 Å². The van der Waals surface area contributed by atoms with Crippen LogP contribution < -0.4 is 0 Å². The van der Waals surface area contributed by atoms with Crippen molar-refractivity contribution in [3.63, 3.8) is 0 Å². The Morgan fingerprint density at radius 3 is 0.418 bits per heavy atom. The summed E-state index contributed by atoms with van der Waals surface area (Å²) in [6.07, 6.45) is -58.5. The predicted octanol–water partition coefficient (Wildman–Crippen LogP) is -13.1. The van der Waals surface area contributed by atoms with Crippen molar-refractivity contribution in [3.05, 3.63) is 0 Å². The Morgan fingerprint density at radius 1 is 0.194 bits per heavy atom. The molecule has 22 fully saturated rings. The molecule has 394 valence electrons. The fourth-order valence-corrected chi connectivity index (χ4v) is 8.93. The molecule has 67 heavy (non-hydrogen) atoms. The summed E-state index contributed by atoms with van der Waals surface area (Å²) in [6.45, 7) is -5.99. The van der Waals surface area contributed by atoms with E-state index in [-0.39, 0.29) is 21.1 Å². The molecule has 0 spiro atoms. The van der Waals surface area contributed by atoms with Gasteiger partial charge in [-0.25, -0.2) is 0 Å². The summed E-state index contributed by atoms with van der Waals surface area (Å²) < 4.78 is 67.9. The minimum Gasteiger partial charge on any atom is -0.394 e. The van der Waals surface area contributed by atoms with Gasteiger partial charge in [-0.2, -0.15) is 0 Å². The summed E-state index contributed by atoms with van der Waals surface area (Å²) in [5.74, 6) is 0. The summed E-state index contributed by atoms with van der Waals surface area (Å²) in [7, 11) is 0. The van der Waals surface area contributed by atoms with Crippen molar-refractivity contribution in [1.82, 2.24) is 0 Å². The molecule has 22 rings (SSSR count). The summed E-state index contributed by atoms with van der Waals surface area (Å²) in [5.41, 5.74) is 0. The number of hydrogen-bond acceptors (Lipinski definition) is 30. The minimum atomic E-state index is -2.15. The van der Waals surface area contributed by atoms with Crippen molar-refractivity contribution >= 4 is 0 Å². The maximum Gasteiger partial charge on any atom is 0.187 e. The minimum absolute atomic E-state index is 0. The molecule has 30 atom stereocenters. The second-order valence-electron chi connectivity index (χ2n) is 16.8. The monoisotopic (exact) mass is 1170 g/mol. The van der Waals surface area contributed by atoms with Crippen LogP contribution in [-0.4, -0.2) is 316 Å². The molecular weight excluding hydrogens is 1110 g/mol. The van der Waals surface area contributed by atoms with Crippen LogP contribution in [0.5, 0.6) is 0 Å². The van der Waals surface area contributed by atoms with Crippen LogP contribution in [0.15, 0.2) is 0 Å². The molecule has 0 aliphatic carbocycles. The van der Waals surface area contributed by atoms with Crippen molar-refractivity contribution in [2.24, 2.45) is 0 Å². The van der Waals surface area contributed by atoms with Gasteiger partial charge in [0.25, 0.3) is 0 Å². The van der Waals surface area contributed by atoms with Crippen LogP contribution in [0, 0.1) is 0 Å². The van der Waals surface area contributed by atoms with E-state index in [1.165, 1.54) is 0 Å². The molecule has 22 heterocycles. The Labute approximate surface area is 393 Å². The third-order valence-electron chi connectivity index (χ3n) is 12.7. The van der Waals surface area contributed by atoms with E-state index in [4.69, 9.17) is 56.8 Å². The molecule has 18 N–H and O–H groups in total. The van der Waals surface area contributed by atoms with E-state index in [2.05, 4.69) is 0 Å². The topological polar surface area (TPSA) is 475 Å². The summed E-state index contributed by atoms with van der Waals surface area (Å²) in [6, 6.07) is 0. The van der Waals surface area contributed by atoms with Crippen molar-refractivity contribution in [2.75, 3.05) is 39.6 Å². The maximum atomic E-state index is 11.2. The van der Waals surface area contributed by atoms with Gasteiger partial charge in [0.2, 0.25) is 0 Å². The Balaban J connectivity index is 0.00000741. The molecule has 22 aliphatic heterocycles. The van der Waals surface area contributed by atoms with Gasteiger partial charge in [-0.1, -0.05) is 0 Å². The average Bonchev–Trinajstić information content (AvgIpc) is 3.31. The number of rotatable bonds is 6. The van der Waals surface area contributed by atoms with Crippen LogP contribution in [0.2, 0.25) is 0 Å². The molecule has 12 bridgehead atoms. The van der Waals surface area contributed by atoms with E-state index in [0.717, 1.165) is 0 Å². The maximum absolute atomic E-state index is 11.2. The first-order chi connectivity index (χ1) is 31.4. The fourth-order valence-electron chi connectivity index (χ4n) is 8.93. The normalized spacial score (nSPS) is 54.5. The fraction of sp³-hybridized carbons (Fsp3) is 1.00. The Bertz CT molecular complexity index is 1240. The molecule has 0 saturated carbocycles. The van der Waals surface area contributed by atoms with Crippen molar-refractivity contribution in [1.29, 1.82) is 0 Å². The molecule has 0 aromatic rings. The van der Waals surface area contributed by atoms with Gasteiger partial charge in [-0.05, 0) is 0 Å². The van der Waals surface area contributed by atoms with Crippen molar-refractivity contribution < 1.29 is 170 Å². The standard InChI is InChI=1S/C36H60O30.Pt/c37-1-7-25-13(43)19(49)31(55-7)62-26-8(2-38)57-33(21(51)15(26)45)64-28-10(4-40)59-35(23(53)17(28)47)66-30-12(6-42)60-36(24(54)18(30)48)65-29-11(5-41)58-34(22(52)16(29)46)63-27-9(3-39)56-32(61-25)20(50)14(27)44;/h7-54H,1-6H2;/t7-,8-,9-,10-,11-,12-,13-,14-,15-,16-,17-,18-,19-,20-,21-,22-,23-,24-,25-,26-,27-,28-,29-,30+,31-,32-,33-,34-,35-,36-;/m1./s1. The molecule has 0 aromatic carbocycles. The zero-order valence-corrected chi connectivity index (χ0v) is 37.1. The number of aliphatic hydroxyl groups excluding tert-OH is 18. The second kappa shape index (κ2) is 23.6. The Kier molecular flexibility index (Phi) is 19.6. The summed E-state index contributed by atoms with van der Waals surface area (Å²) in [5, 5.41) is 196. The van der Waals surface area contributed by atoms with Crippen LogP contribution >= 0.6 is 0 Å². The smallest absolute Gasteiger partial charge is 0.187 e. The van der Waals surface area contributed by atoms with Gasteiger partial charge in [-0.3, -0.25) is 0 Å². The van der Waals surface area contributed by atoms with E-state index in [9.17, 15) is 91.9 Å². The van der Waals surface area contributed by atoms with Crippen molar-refractivity contribution in [2.45, 2.75) is 184 Å². The van der Waals surface area contributed by atoms with Gasteiger partial charge in [0.05, 0.1) is 39.6 Å². The first-order valence-electron chi connectivity index (χ1n) is 21.1. The molecule has 22 aliphatic rings. The van der Waals surface area contributed by atoms with Gasteiger partial charge in [-0.15, -0.1) is 0 Å². The number of aliphatic hydroxyl groups is 18. The van der Waals surface area contributed by atoms with Crippen LogP contribution in [0.1, 0.15) is 0 Å². The first kappa shape index (κ1) is 55.8. The van der Waals surface area contributed by atoms with Gasteiger partial charge < -0.3 is 149 Å². The molecule has 0 unspecified atom stereocenters. The zero-order valence-electron chi connectivity index (χ0n) is 34.8. The number of ether oxygens (including phenoxy) is 12. The zero-order chi connectivity index (χ0) is 48.0. The Morgan fingerprint density at radius 2 is 0.313 bits per heavy atom. The van der Waals surface area contributed by atoms with E-state index >= 15 is 0 Å². The van der Waals surface area contributed by atoms with Crippen molar-refractivity contribution in [3.8, 4) is 0 Å². The van der Waals surface area contributed by atoms with Gasteiger partial charge >= 0.3 is 0 Å². The van der Waals surface area contributed by atoms with E-state index in [0.29, 0.717) is 0 Å². The average molecular weight is 1170 g/mol. The number of hydrogen-bond donors (Lipinski definition) is 18. The van der Waals surface area contributed by atoms with E-state index in [1.807, 2.05) is 0 Å². The first-order valence-corrected chi connectivity index (χ1v) is 21.1. The van der Waals surface area contributed by atoms with Crippen LogP contribution in [0.3, 0.4) is 0 Å². The molecular formula is C36H60O30Pt. The third kappa shape index (κ3) is 10.9. The molecule has 31 heteroatoms. The summed E-state index contributed by atoms with van der Waals surface area (Å²) >= 11 is 0. The van der Waals surface area contributed by atoms with Crippen LogP contribution in [0.4, 0.5) is 0 Å².